The molecule has 1 aromatic carbocycles. The van der Waals surface area contributed by atoms with Crippen LogP contribution >= 0.6 is 11.3 Å². The molecule has 1 N–H and O–H groups in total. The fraction of sp³-hybridized carbons (Fsp3) is 0.476. The third-order valence-corrected chi connectivity index (χ3v) is 6.37. The van der Waals surface area contributed by atoms with Gasteiger partial charge in [0.2, 0.25) is 5.91 Å². The van der Waals surface area contributed by atoms with Crippen molar-refractivity contribution in [3.8, 4) is 0 Å². The maximum absolute atomic E-state index is 12.8. The highest BCUT2D eigenvalue weighted by Gasteiger charge is 2.30. The highest BCUT2D eigenvalue weighted by Crippen LogP contribution is 2.31. The Balaban J connectivity index is 1.37. The number of piperidine rings is 1. The molecule has 1 aliphatic heterocycles. The second-order valence-electron chi connectivity index (χ2n) is 7.63. The van der Waals surface area contributed by atoms with E-state index in [0.717, 1.165) is 54.1 Å². The molecular formula is C21H25N3O2S. The van der Waals surface area contributed by atoms with E-state index in [1.807, 2.05) is 41.5 Å². The van der Waals surface area contributed by atoms with E-state index in [4.69, 9.17) is 4.98 Å². The Morgan fingerprint density at radius 1 is 1.22 bits per heavy atom. The lowest BCUT2D eigenvalue weighted by Gasteiger charge is -2.32. The number of likely N-dealkylation sites (tertiary alicyclic amines) is 1. The molecule has 2 heterocycles. The van der Waals surface area contributed by atoms with Crippen LogP contribution in [0.5, 0.6) is 0 Å². The van der Waals surface area contributed by atoms with E-state index in [1.165, 1.54) is 0 Å². The number of carbonyl (C=O) groups excluding carboxylic acids is 2. The molecule has 27 heavy (non-hydrogen) atoms. The van der Waals surface area contributed by atoms with Crippen LogP contribution in [0, 0.1) is 12.8 Å². The van der Waals surface area contributed by atoms with Crippen molar-refractivity contribution in [1.29, 1.82) is 0 Å². The predicted molar refractivity (Wildman–Crippen MR) is 106 cm³/mol. The zero-order valence-corrected chi connectivity index (χ0v) is 16.4. The topological polar surface area (TPSA) is 62.3 Å². The maximum atomic E-state index is 12.8. The van der Waals surface area contributed by atoms with Gasteiger partial charge in [0.1, 0.15) is 0 Å². The summed E-state index contributed by atoms with van der Waals surface area (Å²) in [5.74, 6) is 0.763. The number of nitrogens with one attached hydrogen (secondary N) is 1. The van der Waals surface area contributed by atoms with Crippen LogP contribution in [-0.4, -0.2) is 34.8 Å². The molecule has 2 aromatic rings. The Hall–Kier alpha value is -2.21. The third-order valence-electron chi connectivity index (χ3n) is 5.32. The molecule has 0 radical (unpaired) electrons. The second kappa shape index (κ2) is 7.80. The number of benzene rings is 1. The summed E-state index contributed by atoms with van der Waals surface area (Å²) in [5, 5.41) is 6.08. The predicted octanol–water partition coefficient (Wildman–Crippen LogP) is 3.50. The Morgan fingerprint density at radius 2 is 2.00 bits per heavy atom. The lowest BCUT2D eigenvalue weighted by Crippen LogP contribution is -2.39. The van der Waals surface area contributed by atoms with Crippen LogP contribution in [-0.2, 0) is 11.3 Å². The van der Waals surface area contributed by atoms with E-state index in [9.17, 15) is 9.59 Å². The highest BCUT2D eigenvalue weighted by atomic mass is 32.1. The summed E-state index contributed by atoms with van der Waals surface area (Å²) in [7, 11) is 0. The monoisotopic (exact) mass is 383 g/mol. The average Bonchev–Trinajstić information content (AvgIpc) is 3.44. The molecule has 0 spiro atoms. The molecule has 1 unspecified atom stereocenters. The van der Waals surface area contributed by atoms with E-state index in [-0.39, 0.29) is 23.7 Å². The van der Waals surface area contributed by atoms with Gasteiger partial charge in [0.05, 0.1) is 17.2 Å². The van der Waals surface area contributed by atoms with Crippen molar-refractivity contribution in [2.24, 2.45) is 5.92 Å². The average molecular weight is 384 g/mol. The molecule has 0 bridgehead atoms. The molecule has 4 rings (SSSR count). The molecule has 1 atom stereocenters. The number of rotatable bonds is 5. The highest BCUT2D eigenvalue weighted by molar-refractivity contribution is 7.09. The van der Waals surface area contributed by atoms with Crippen molar-refractivity contribution in [2.45, 2.75) is 45.1 Å². The first-order chi connectivity index (χ1) is 13.1. The Kier molecular flexibility index (Phi) is 5.25. The van der Waals surface area contributed by atoms with Gasteiger partial charge in [0.25, 0.3) is 5.91 Å². The molecule has 6 heteroatoms. The summed E-state index contributed by atoms with van der Waals surface area (Å²) in [5.41, 5.74) is 2.84. The maximum Gasteiger partial charge on any atom is 0.253 e. The van der Waals surface area contributed by atoms with Crippen LogP contribution in [0.3, 0.4) is 0 Å². The minimum atomic E-state index is 0.105. The van der Waals surface area contributed by atoms with Crippen molar-refractivity contribution < 1.29 is 9.59 Å². The summed E-state index contributed by atoms with van der Waals surface area (Å²) >= 11 is 1.64. The fourth-order valence-corrected chi connectivity index (χ4v) is 4.45. The van der Waals surface area contributed by atoms with Crippen molar-refractivity contribution in [1.82, 2.24) is 15.2 Å². The van der Waals surface area contributed by atoms with Crippen LogP contribution in [0.25, 0.3) is 0 Å². The SMILES string of the molecule is Cc1ccc(C(=O)N2CCCC(c3nc(CNC(=O)C4CC4)cs3)C2)cc1. The molecule has 5 nitrogen and oxygen atoms in total. The molecule has 2 aliphatic rings. The third kappa shape index (κ3) is 4.38. The van der Waals surface area contributed by atoms with E-state index in [2.05, 4.69) is 5.32 Å². The minimum absolute atomic E-state index is 0.105. The Morgan fingerprint density at radius 3 is 2.74 bits per heavy atom. The fourth-order valence-electron chi connectivity index (χ4n) is 3.50. The van der Waals surface area contributed by atoms with Crippen molar-refractivity contribution in [2.75, 3.05) is 13.1 Å². The smallest absolute Gasteiger partial charge is 0.253 e. The zero-order valence-electron chi connectivity index (χ0n) is 15.6. The summed E-state index contributed by atoms with van der Waals surface area (Å²) in [6.45, 7) is 4.05. The molecular weight excluding hydrogens is 358 g/mol. The molecule has 1 saturated heterocycles. The van der Waals surface area contributed by atoms with Crippen LogP contribution < -0.4 is 5.32 Å². The molecule has 2 amide bonds. The molecule has 2 fully saturated rings. The number of hydrogen-bond donors (Lipinski definition) is 1. The van der Waals surface area contributed by atoms with Crippen LogP contribution in [0.4, 0.5) is 0 Å². The Labute approximate surface area is 163 Å². The summed E-state index contributed by atoms with van der Waals surface area (Å²) in [4.78, 5) is 31.3. The van der Waals surface area contributed by atoms with Crippen molar-refractivity contribution in [3.05, 3.63) is 51.5 Å². The lowest BCUT2D eigenvalue weighted by molar-refractivity contribution is -0.122. The number of thiazole rings is 1. The van der Waals surface area contributed by atoms with E-state index in [1.54, 1.807) is 11.3 Å². The quantitative estimate of drug-likeness (QED) is 0.860. The van der Waals surface area contributed by atoms with Gasteiger partial charge < -0.3 is 10.2 Å². The van der Waals surface area contributed by atoms with Gasteiger partial charge in [0.15, 0.2) is 0 Å². The summed E-state index contributed by atoms with van der Waals surface area (Å²) < 4.78 is 0. The van der Waals surface area contributed by atoms with Crippen LogP contribution in [0.2, 0.25) is 0 Å². The number of amides is 2. The minimum Gasteiger partial charge on any atom is -0.350 e. The normalized spacial score (nSPS) is 19.7. The van der Waals surface area contributed by atoms with Gasteiger partial charge in [-0.05, 0) is 44.7 Å². The van der Waals surface area contributed by atoms with Gasteiger partial charge in [0, 0.05) is 35.9 Å². The first-order valence-corrected chi connectivity index (χ1v) is 10.6. The summed E-state index contributed by atoms with van der Waals surface area (Å²) in [6.07, 6.45) is 4.08. The number of carbonyl (C=O) groups is 2. The number of aryl methyl sites for hydroxylation is 1. The second-order valence-corrected chi connectivity index (χ2v) is 8.52. The number of aromatic nitrogens is 1. The lowest BCUT2D eigenvalue weighted by atomic mass is 9.98. The summed E-state index contributed by atoms with van der Waals surface area (Å²) in [6, 6.07) is 7.78. The van der Waals surface area contributed by atoms with Crippen LogP contribution in [0.15, 0.2) is 29.6 Å². The largest absolute Gasteiger partial charge is 0.350 e. The van der Waals surface area contributed by atoms with E-state index >= 15 is 0 Å². The molecule has 1 aliphatic carbocycles. The van der Waals surface area contributed by atoms with Gasteiger partial charge in [-0.3, -0.25) is 9.59 Å². The zero-order chi connectivity index (χ0) is 18.8. The van der Waals surface area contributed by atoms with E-state index in [0.29, 0.717) is 13.1 Å². The molecule has 142 valence electrons. The van der Waals surface area contributed by atoms with Gasteiger partial charge in [-0.25, -0.2) is 4.98 Å². The van der Waals surface area contributed by atoms with Gasteiger partial charge in [-0.2, -0.15) is 0 Å². The number of hydrogen-bond acceptors (Lipinski definition) is 4. The molecule has 1 aromatic heterocycles. The van der Waals surface area contributed by atoms with Gasteiger partial charge >= 0.3 is 0 Å². The Bertz CT molecular complexity index is 826. The van der Waals surface area contributed by atoms with E-state index < -0.39 is 0 Å². The first-order valence-electron chi connectivity index (χ1n) is 9.68. The standard InChI is InChI=1S/C21H25N3O2S/c1-14-4-6-16(7-5-14)21(26)24-10-2-3-17(12-24)20-23-18(13-27-20)11-22-19(25)15-8-9-15/h4-7,13,15,17H,2-3,8-12H2,1H3,(H,22,25). The van der Waals surface area contributed by atoms with Crippen molar-refractivity contribution in [3.63, 3.8) is 0 Å². The van der Waals surface area contributed by atoms with Gasteiger partial charge in [-0.1, -0.05) is 17.7 Å². The van der Waals surface area contributed by atoms with Crippen molar-refractivity contribution >= 4 is 23.2 Å². The first kappa shape index (κ1) is 18.2. The molecule has 1 saturated carbocycles. The van der Waals surface area contributed by atoms with Crippen LogP contribution in [0.1, 0.15) is 58.2 Å². The number of nitrogens with zero attached hydrogens (tertiary/aromatic N) is 2. The van der Waals surface area contributed by atoms with Gasteiger partial charge in [-0.15, -0.1) is 11.3 Å².